The normalized spacial score (nSPS) is 23.1. The van der Waals surface area contributed by atoms with E-state index in [1.807, 2.05) is 11.8 Å². The van der Waals surface area contributed by atoms with Crippen molar-refractivity contribution in [1.82, 2.24) is 15.1 Å². The molecule has 7 heteroatoms. The zero-order valence-corrected chi connectivity index (χ0v) is 13.8. The van der Waals surface area contributed by atoms with Crippen molar-refractivity contribution in [3.63, 3.8) is 0 Å². The summed E-state index contributed by atoms with van der Waals surface area (Å²) in [6.45, 7) is 9.26. The monoisotopic (exact) mass is 327 g/mol. The molecule has 0 spiro atoms. The van der Waals surface area contributed by atoms with Crippen LogP contribution in [-0.2, 0) is 9.53 Å². The highest BCUT2D eigenvalue weighted by Crippen LogP contribution is 2.10. The van der Waals surface area contributed by atoms with Gasteiger partial charge in [-0.3, -0.25) is 9.69 Å². The third-order valence-electron chi connectivity index (χ3n) is 3.80. The molecule has 0 saturated carbocycles. The third-order valence-corrected chi connectivity index (χ3v) is 3.80. The van der Waals surface area contributed by atoms with Crippen LogP contribution in [0.2, 0.25) is 0 Å². The van der Waals surface area contributed by atoms with E-state index >= 15 is 0 Å². The van der Waals surface area contributed by atoms with E-state index in [4.69, 9.17) is 4.74 Å². The number of ether oxygens (including phenoxy) is 1. The molecule has 2 heterocycles. The lowest BCUT2D eigenvalue weighted by Gasteiger charge is -2.35. The van der Waals surface area contributed by atoms with Crippen LogP contribution in [0.15, 0.2) is 0 Å². The van der Waals surface area contributed by atoms with Crippen LogP contribution < -0.4 is 5.32 Å². The Morgan fingerprint density at radius 3 is 2.50 bits per heavy atom. The van der Waals surface area contributed by atoms with Crippen LogP contribution in [0.25, 0.3) is 0 Å². The van der Waals surface area contributed by atoms with E-state index in [-0.39, 0.29) is 30.9 Å². The van der Waals surface area contributed by atoms with Crippen molar-refractivity contribution in [2.75, 3.05) is 52.5 Å². The van der Waals surface area contributed by atoms with Gasteiger partial charge < -0.3 is 15.0 Å². The average Bonchev–Trinajstić information content (AvgIpc) is 2.93. The number of carbonyl (C=O) groups excluding carboxylic acids is 1. The molecule has 20 heavy (non-hydrogen) atoms. The average molecular weight is 328 g/mol. The Hall–Kier alpha value is -0.0700. The smallest absolute Gasteiger partial charge is 0.239 e. The quantitative estimate of drug-likeness (QED) is 0.757. The van der Waals surface area contributed by atoms with Crippen LogP contribution in [0.1, 0.15) is 19.8 Å². The Labute approximate surface area is 134 Å². The molecule has 1 amide bonds. The summed E-state index contributed by atoms with van der Waals surface area (Å²) >= 11 is 0. The summed E-state index contributed by atoms with van der Waals surface area (Å²) in [5, 5.41) is 3.28. The first-order valence-corrected chi connectivity index (χ1v) is 7.13. The fourth-order valence-electron chi connectivity index (χ4n) is 2.65. The molecule has 2 fully saturated rings. The van der Waals surface area contributed by atoms with Crippen molar-refractivity contribution in [3.05, 3.63) is 0 Å². The number of halogens is 2. The summed E-state index contributed by atoms with van der Waals surface area (Å²) in [7, 11) is 0. The fourth-order valence-corrected chi connectivity index (χ4v) is 2.65. The Bertz CT molecular complexity index is 268. The van der Waals surface area contributed by atoms with Crippen molar-refractivity contribution < 1.29 is 9.53 Å². The van der Waals surface area contributed by atoms with Gasteiger partial charge in [-0.15, -0.1) is 24.8 Å². The van der Waals surface area contributed by atoms with Gasteiger partial charge in [0.05, 0.1) is 12.6 Å². The molecule has 0 aromatic heterocycles. The molecule has 2 aliphatic heterocycles. The highest BCUT2D eigenvalue weighted by Gasteiger charge is 2.28. The van der Waals surface area contributed by atoms with Gasteiger partial charge in [0.25, 0.3) is 0 Å². The Morgan fingerprint density at radius 1 is 1.25 bits per heavy atom. The maximum absolute atomic E-state index is 12.2. The van der Waals surface area contributed by atoms with Gasteiger partial charge in [0.2, 0.25) is 5.91 Å². The van der Waals surface area contributed by atoms with E-state index in [1.54, 1.807) is 0 Å². The molecule has 1 unspecified atom stereocenters. The second-order valence-corrected chi connectivity index (χ2v) is 5.01. The molecular weight excluding hydrogens is 301 g/mol. The minimum absolute atomic E-state index is 0. The van der Waals surface area contributed by atoms with Gasteiger partial charge in [-0.1, -0.05) is 0 Å². The summed E-state index contributed by atoms with van der Waals surface area (Å²) in [5.41, 5.74) is 0. The molecule has 0 bridgehead atoms. The summed E-state index contributed by atoms with van der Waals surface area (Å²) in [6, 6.07) is 0.0833. The maximum Gasteiger partial charge on any atom is 0.239 e. The third kappa shape index (κ3) is 5.74. The van der Waals surface area contributed by atoms with Crippen LogP contribution >= 0.6 is 24.8 Å². The number of hydrogen-bond donors (Lipinski definition) is 1. The summed E-state index contributed by atoms with van der Waals surface area (Å²) < 4.78 is 5.36. The lowest BCUT2D eigenvalue weighted by atomic mass is 10.2. The van der Waals surface area contributed by atoms with Crippen LogP contribution in [0.3, 0.4) is 0 Å². The molecule has 1 atom stereocenters. The first kappa shape index (κ1) is 19.9. The highest BCUT2D eigenvalue weighted by molar-refractivity contribution is 5.85. The highest BCUT2D eigenvalue weighted by atomic mass is 35.5. The van der Waals surface area contributed by atoms with Crippen LogP contribution in [0.4, 0.5) is 0 Å². The number of hydrogen-bond acceptors (Lipinski definition) is 4. The number of amides is 1. The Morgan fingerprint density at radius 2 is 1.95 bits per heavy atom. The SMILES string of the molecule is CCOCCN1CCN(C(=O)C2CCCN2)CC1.Cl.Cl. The van der Waals surface area contributed by atoms with Crippen molar-refractivity contribution in [2.45, 2.75) is 25.8 Å². The molecule has 2 aliphatic rings. The van der Waals surface area contributed by atoms with Crippen molar-refractivity contribution in [3.8, 4) is 0 Å². The van der Waals surface area contributed by atoms with Crippen LogP contribution in [0, 0.1) is 0 Å². The molecule has 0 radical (unpaired) electrons. The molecule has 120 valence electrons. The lowest BCUT2D eigenvalue weighted by Crippen LogP contribution is -2.53. The molecule has 0 aliphatic carbocycles. The van der Waals surface area contributed by atoms with Crippen LogP contribution in [0.5, 0.6) is 0 Å². The predicted octanol–water partition coefficient (Wildman–Crippen LogP) is 0.763. The summed E-state index contributed by atoms with van der Waals surface area (Å²) in [4.78, 5) is 16.6. The van der Waals surface area contributed by atoms with Gasteiger partial charge in [0, 0.05) is 39.3 Å². The van der Waals surface area contributed by atoms with Gasteiger partial charge >= 0.3 is 0 Å². The number of piperazine rings is 1. The largest absolute Gasteiger partial charge is 0.380 e. The molecule has 2 rings (SSSR count). The molecule has 1 N–H and O–H groups in total. The maximum atomic E-state index is 12.2. The van der Waals surface area contributed by atoms with Gasteiger partial charge in [0.15, 0.2) is 0 Å². The van der Waals surface area contributed by atoms with Gasteiger partial charge in [0.1, 0.15) is 0 Å². The van der Waals surface area contributed by atoms with Crippen LogP contribution in [-0.4, -0.2) is 74.2 Å². The van der Waals surface area contributed by atoms with E-state index in [2.05, 4.69) is 10.2 Å². The van der Waals surface area contributed by atoms with Gasteiger partial charge in [-0.05, 0) is 26.3 Å². The Balaban J connectivity index is 0.00000180. The van der Waals surface area contributed by atoms with E-state index in [1.165, 1.54) is 0 Å². The standard InChI is InChI=1S/C13H25N3O2.2ClH/c1-2-18-11-10-15-6-8-16(9-7-15)13(17)12-4-3-5-14-12;;/h12,14H,2-11H2,1H3;2*1H. The number of rotatable bonds is 5. The second kappa shape index (κ2) is 10.6. The van der Waals surface area contributed by atoms with E-state index in [0.717, 1.165) is 65.3 Å². The minimum atomic E-state index is 0. The topological polar surface area (TPSA) is 44.8 Å². The van der Waals surface area contributed by atoms with E-state index < -0.39 is 0 Å². The Kier molecular flexibility index (Phi) is 10.6. The first-order chi connectivity index (χ1) is 8.81. The molecule has 0 aromatic rings. The minimum Gasteiger partial charge on any atom is -0.380 e. The molecular formula is C13H27Cl2N3O2. The lowest BCUT2D eigenvalue weighted by molar-refractivity contribution is -0.134. The van der Waals surface area contributed by atoms with Crippen molar-refractivity contribution >= 4 is 30.7 Å². The first-order valence-electron chi connectivity index (χ1n) is 7.13. The van der Waals surface area contributed by atoms with Gasteiger partial charge in [-0.2, -0.15) is 0 Å². The summed E-state index contributed by atoms with van der Waals surface area (Å²) in [6.07, 6.45) is 2.13. The zero-order chi connectivity index (χ0) is 12.8. The van der Waals surface area contributed by atoms with E-state index in [9.17, 15) is 4.79 Å². The number of nitrogens with zero attached hydrogens (tertiary/aromatic N) is 2. The molecule has 5 nitrogen and oxygen atoms in total. The molecule has 2 saturated heterocycles. The van der Waals surface area contributed by atoms with Crippen molar-refractivity contribution in [2.24, 2.45) is 0 Å². The second-order valence-electron chi connectivity index (χ2n) is 5.01. The van der Waals surface area contributed by atoms with E-state index in [0.29, 0.717) is 5.91 Å². The predicted molar refractivity (Wildman–Crippen MR) is 85.0 cm³/mol. The number of carbonyl (C=O) groups is 1. The summed E-state index contributed by atoms with van der Waals surface area (Å²) in [5.74, 6) is 0.303. The zero-order valence-electron chi connectivity index (χ0n) is 12.2. The number of nitrogens with one attached hydrogen (secondary N) is 1. The van der Waals surface area contributed by atoms with Crippen molar-refractivity contribution in [1.29, 1.82) is 0 Å². The fraction of sp³-hybridized carbons (Fsp3) is 0.923. The molecule has 0 aromatic carbocycles. The van der Waals surface area contributed by atoms with Gasteiger partial charge in [-0.25, -0.2) is 0 Å².